The highest BCUT2D eigenvalue weighted by Crippen LogP contribution is 2.14. The second kappa shape index (κ2) is 4.87. The van der Waals surface area contributed by atoms with Crippen molar-refractivity contribution in [3.8, 4) is 0 Å². The molecule has 0 bridgehead atoms. The number of amides is 2. The van der Waals surface area contributed by atoms with Crippen LogP contribution in [0.2, 0.25) is 0 Å². The normalized spacial score (nSPS) is 9.57. The zero-order valence-corrected chi connectivity index (χ0v) is 8.78. The van der Waals surface area contributed by atoms with E-state index >= 15 is 0 Å². The van der Waals surface area contributed by atoms with Crippen LogP contribution in [0.3, 0.4) is 0 Å². The Morgan fingerprint density at radius 1 is 1.50 bits per heavy atom. The number of hydrogen-bond donors (Lipinski definition) is 2. The summed E-state index contributed by atoms with van der Waals surface area (Å²) in [6, 6.07) is 0. The largest absolute Gasteiger partial charge is 0.353 e. The summed E-state index contributed by atoms with van der Waals surface area (Å²) in [6.07, 6.45) is 0. The fraction of sp³-hybridized carbons (Fsp3) is 0.333. The van der Waals surface area contributed by atoms with Crippen LogP contribution in [0.1, 0.15) is 9.80 Å². The number of hydrogen-bond acceptors (Lipinski definition) is 5. The molecular weight excluding hydrogens is 228 g/mol. The first kappa shape index (κ1) is 10.9. The first-order chi connectivity index (χ1) is 6.67. The molecule has 0 aromatic carbocycles. The van der Waals surface area contributed by atoms with Gasteiger partial charge in [-0.15, -0.1) is 21.8 Å². The average molecular weight is 235 g/mol. The SMILES string of the molecule is CNC(=O)c1nnc(NC(=O)CCl)s1. The van der Waals surface area contributed by atoms with E-state index in [1.807, 2.05) is 0 Å². The second-order valence-corrected chi connectivity index (χ2v) is 3.42. The average Bonchev–Trinajstić information content (AvgIpc) is 2.65. The molecule has 1 rings (SSSR count). The molecule has 0 fully saturated rings. The van der Waals surface area contributed by atoms with Crippen molar-refractivity contribution in [2.45, 2.75) is 0 Å². The third kappa shape index (κ3) is 2.64. The monoisotopic (exact) mass is 234 g/mol. The van der Waals surface area contributed by atoms with Crippen LogP contribution in [0.4, 0.5) is 5.13 Å². The number of nitrogens with one attached hydrogen (secondary N) is 2. The number of rotatable bonds is 3. The van der Waals surface area contributed by atoms with Crippen LogP contribution < -0.4 is 10.6 Å². The van der Waals surface area contributed by atoms with Gasteiger partial charge in [-0.25, -0.2) is 0 Å². The van der Waals surface area contributed by atoms with Gasteiger partial charge >= 0.3 is 0 Å². The Kier molecular flexibility index (Phi) is 3.78. The molecule has 0 radical (unpaired) electrons. The molecule has 0 atom stereocenters. The number of nitrogens with zero attached hydrogens (tertiary/aromatic N) is 2. The third-order valence-corrected chi connectivity index (χ3v) is 2.29. The molecule has 0 saturated heterocycles. The van der Waals surface area contributed by atoms with Crippen molar-refractivity contribution < 1.29 is 9.59 Å². The summed E-state index contributed by atoms with van der Waals surface area (Å²) in [6.45, 7) is 0. The van der Waals surface area contributed by atoms with Crippen LogP contribution >= 0.6 is 22.9 Å². The third-order valence-electron chi connectivity index (χ3n) is 1.21. The molecule has 76 valence electrons. The lowest BCUT2D eigenvalue weighted by atomic mass is 10.6. The highest BCUT2D eigenvalue weighted by atomic mass is 35.5. The highest BCUT2D eigenvalue weighted by molar-refractivity contribution is 7.17. The van der Waals surface area contributed by atoms with Gasteiger partial charge in [-0.1, -0.05) is 11.3 Å². The molecule has 2 amide bonds. The van der Waals surface area contributed by atoms with Crippen LogP contribution in [0.5, 0.6) is 0 Å². The first-order valence-electron chi connectivity index (χ1n) is 3.58. The maximum absolute atomic E-state index is 11.0. The summed E-state index contributed by atoms with van der Waals surface area (Å²) >= 11 is 6.25. The predicted octanol–water partition coefficient (Wildman–Crippen LogP) is 0.0750. The Balaban J connectivity index is 2.68. The van der Waals surface area contributed by atoms with E-state index in [0.29, 0.717) is 0 Å². The van der Waals surface area contributed by atoms with Gasteiger partial charge in [0.2, 0.25) is 16.0 Å². The number of alkyl halides is 1. The van der Waals surface area contributed by atoms with Crippen LogP contribution in [-0.4, -0.2) is 34.9 Å². The number of halogens is 1. The number of carbonyl (C=O) groups is 2. The van der Waals surface area contributed by atoms with Crippen molar-refractivity contribution in [1.29, 1.82) is 0 Å². The molecule has 0 unspecified atom stereocenters. The van der Waals surface area contributed by atoms with Gasteiger partial charge in [0.15, 0.2) is 0 Å². The summed E-state index contributed by atoms with van der Waals surface area (Å²) in [7, 11) is 1.49. The number of aromatic nitrogens is 2. The minimum atomic E-state index is -0.383. The van der Waals surface area contributed by atoms with E-state index in [9.17, 15) is 9.59 Å². The van der Waals surface area contributed by atoms with Gasteiger partial charge in [-0.2, -0.15) is 0 Å². The van der Waals surface area contributed by atoms with Gasteiger partial charge in [0.05, 0.1) is 0 Å². The van der Waals surface area contributed by atoms with E-state index in [1.165, 1.54) is 7.05 Å². The van der Waals surface area contributed by atoms with E-state index in [4.69, 9.17) is 11.6 Å². The molecule has 6 nitrogen and oxygen atoms in total. The summed E-state index contributed by atoms with van der Waals surface area (Å²) in [5, 5.41) is 12.4. The fourth-order valence-electron chi connectivity index (χ4n) is 0.625. The highest BCUT2D eigenvalue weighted by Gasteiger charge is 2.11. The molecule has 0 spiro atoms. The van der Waals surface area contributed by atoms with E-state index in [1.54, 1.807) is 0 Å². The van der Waals surface area contributed by atoms with Gasteiger partial charge in [-0.3, -0.25) is 14.9 Å². The molecule has 0 aliphatic heterocycles. The maximum Gasteiger partial charge on any atom is 0.282 e. The van der Waals surface area contributed by atoms with Crippen LogP contribution in [0, 0.1) is 0 Å². The number of carbonyl (C=O) groups excluding carboxylic acids is 2. The summed E-state index contributed by atoms with van der Waals surface area (Å²) in [4.78, 5) is 21.9. The van der Waals surface area contributed by atoms with Crippen molar-refractivity contribution in [2.75, 3.05) is 18.2 Å². The van der Waals surface area contributed by atoms with E-state index in [-0.39, 0.29) is 27.8 Å². The quantitative estimate of drug-likeness (QED) is 0.726. The van der Waals surface area contributed by atoms with Gasteiger partial charge in [0, 0.05) is 7.05 Å². The van der Waals surface area contributed by atoms with Crippen LogP contribution in [0.15, 0.2) is 0 Å². The molecule has 8 heteroatoms. The van der Waals surface area contributed by atoms with Crippen LogP contribution in [0.25, 0.3) is 0 Å². The van der Waals surface area contributed by atoms with E-state index < -0.39 is 0 Å². The van der Waals surface area contributed by atoms with Gasteiger partial charge in [0.1, 0.15) is 5.88 Å². The molecule has 1 aromatic heterocycles. The van der Waals surface area contributed by atoms with E-state index in [0.717, 1.165) is 11.3 Å². The Morgan fingerprint density at radius 3 is 2.79 bits per heavy atom. The van der Waals surface area contributed by atoms with Crippen molar-refractivity contribution in [2.24, 2.45) is 0 Å². The molecule has 0 aliphatic carbocycles. The summed E-state index contributed by atoms with van der Waals surface area (Å²) in [5.74, 6) is -0.880. The smallest absolute Gasteiger partial charge is 0.282 e. The number of anilines is 1. The minimum absolute atomic E-state index is 0.158. The second-order valence-electron chi connectivity index (χ2n) is 2.17. The van der Waals surface area contributed by atoms with Gasteiger partial charge in [-0.05, 0) is 0 Å². The molecule has 2 N–H and O–H groups in total. The maximum atomic E-state index is 11.0. The van der Waals surface area contributed by atoms with Gasteiger partial charge in [0.25, 0.3) is 5.91 Å². The standard InChI is InChI=1S/C6H7ClN4O2S/c1-8-4(13)5-10-11-6(14-5)9-3(12)2-7/h2H2,1H3,(H,8,13)(H,9,11,12). The van der Waals surface area contributed by atoms with Crippen molar-refractivity contribution >= 4 is 39.9 Å². The molecule has 0 saturated carbocycles. The van der Waals surface area contributed by atoms with Crippen molar-refractivity contribution in [3.05, 3.63) is 5.01 Å². The van der Waals surface area contributed by atoms with Crippen molar-refractivity contribution in [3.63, 3.8) is 0 Å². The zero-order valence-electron chi connectivity index (χ0n) is 7.20. The molecule has 0 aliphatic rings. The lowest BCUT2D eigenvalue weighted by Crippen LogP contribution is -2.17. The van der Waals surface area contributed by atoms with Gasteiger partial charge < -0.3 is 5.32 Å². The summed E-state index contributed by atoms with van der Waals surface area (Å²) in [5.41, 5.74) is 0. The van der Waals surface area contributed by atoms with Crippen molar-refractivity contribution in [1.82, 2.24) is 15.5 Å². The molecule has 1 aromatic rings. The topological polar surface area (TPSA) is 84.0 Å². The lowest BCUT2D eigenvalue weighted by molar-refractivity contribution is -0.113. The summed E-state index contributed by atoms with van der Waals surface area (Å²) < 4.78 is 0. The molecule has 14 heavy (non-hydrogen) atoms. The Bertz CT molecular complexity index is 353. The Hall–Kier alpha value is -1.21. The fourth-order valence-corrected chi connectivity index (χ4v) is 1.40. The van der Waals surface area contributed by atoms with Crippen LogP contribution in [-0.2, 0) is 4.79 Å². The lowest BCUT2D eigenvalue weighted by Gasteiger charge is -1.93. The first-order valence-corrected chi connectivity index (χ1v) is 4.94. The Labute approximate surface area is 88.7 Å². The predicted molar refractivity (Wildman–Crippen MR) is 52.6 cm³/mol. The molecule has 1 heterocycles. The Morgan fingerprint density at radius 2 is 2.21 bits per heavy atom. The minimum Gasteiger partial charge on any atom is -0.353 e. The zero-order chi connectivity index (χ0) is 10.6. The molecular formula is C6H7ClN4O2S. The van der Waals surface area contributed by atoms with E-state index in [2.05, 4.69) is 20.8 Å².